The van der Waals surface area contributed by atoms with E-state index in [9.17, 15) is 8.42 Å². The number of sulfonamides is 1. The van der Waals surface area contributed by atoms with Crippen LogP contribution < -0.4 is 19.5 Å². The van der Waals surface area contributed by atoms with Crippen molar-refractivity contribution >= 4 is 21.4 Å². The van der Waals surface area contributed by atoms with E-state index < -0.39 is 10.0 Å². The molecule has 3 atom stereocenters. The first kappa shape index (κ1) is 23.3. The normalized spacial score (nSPS) is 20.6. The molecule has 0 fully saturated rings. The molecule has 3 aromatic rings. The van der Waals surface area contributed by atoms with Crippen LogP contribution in [0.15, 0.2) is 83.8 Å². The maximum Gasteiger partial charge on any atom is 0.261 e. The van der Waals surface area contributed by atoms with Gasteiger partial charge in [-0.3, -0.25) is 4.72 Å². The second-order valence-electron chi connectivity index (χ2n) is 9.30. The van der Waals surface area contributed by atoms with E-state index in [4.69, 9.17) is 9.47 Å². The third-order valence-electron chi connectivity index (χ3n) is 6.58. The fraction of sp³-hybridized carbons (Fsp3) is 0.286. The molecule has 1 aliphatic carbocycles. The summed E-state index contributed by atoms with van der Waals surface area (Å²) >= 11 is 0. The summed E-state index contributed by atoms with van der Waals surface area (Å²) in [6.45, 7) is 4.03. The summed E-state index contributed by atoms with van der Waals surface area (Å²) in [5.41, 5.74) is 3.63. The van der Waals surface area contributed by atoms with Crippen molar-refractivity contribution in [2.24, 2.45) is 5.92 Å². The number of fused-ring (bicyclic) bond motifs is 3. The van der Waals surface area contributed by atoms with Gasteiger partial charge in [0.25, 0.3) is 10.0 Å². The molecule has 1 aliphatic heterocycles. The van der Waals surface area contributed by atoms with Crippen molar-refractivity contribution in [3.63, 3.8) is 0 Å². The highest BCUT2D eigenvalue weighted by molar-refractivity contribution is 7.92. The first-order chi connectivity index (χ1) is 16.8. The third kappa shape index (κ3) is 4.73. The lowest BCUT2D eigenvalue weighted by molar-refractivity contribution is 0.242. The number of hydrogen-bond donors (Lipinski definition) is 2. The Morgan fingerprint density at radius 2 is 1.80 bits per heavy atom. The summed E-state index contributed by atoms with van der Waals surface area (Å²) < 4.78 is 40.0. The molecule has 0 amide bonds. The van der Waals surface area contributed by atoms with Crippen molar-refractivity contribution in [3.8, 4) is 11.5 Å². The molecule has 0 aromatic heterocycles. The van der Waals surface area contributed by atoms with Gasteiger partial charge in [-0.05, 0) is 79.8 Å². The summed E-state index contributed by atoms with van der Waals surface area (Å²) in [6, 6.07) is 20.6. The van der Waals surface area contributed by atoms with Gasteiger partial charge in [0.15, 0.2) is 0 Å². The number of ether oxygens (including phenoxy) is 2. The average Bonchev–Trinajstić information content (AvgIpc) is 3.34. The summed E-state index contributed by atoms with van der Waals surface area (Å²) in [4.78, 5) is 0.244. The Morgan fingerprint density at radius 3 is 2.54 bits per heavy atom. The highest BCUT2D eigenvalue weighted by Gasteiger charge is 2.38. The van der Waals surface area contributed by atoms with Crippen LogP contribution in [0.5, 0.6) is 11.5 Å². The Labute approximate surface area is 207 Å². The van der Waals surface area contributed by atoms with Gasteiger partial charge < -0.3 is 14.8 Å². The predicted octanol–water partition coefficient (Wildman–Crippen LogP) is 6.11. The number of allylic oxidation sites excluding steroid dienone is 2. The molecule has 0 saturated heterocycles. The molecular formula is C28H30N2O4S. The Hall–Kier alpha value is -3.45. The molecule has 2 aliphatic rings. The zero-order valence-electron chi connectivity index (χ0n) is 20.1. The van der Waals surface area contributed by atoms with Crippen molar-refractivity contribution in [3.05, 3.63) is 90.0 Å². The molecule has 182 valence electrons. The summed E-state index contributed by atoms with van der Waals surface area (Å²) in [5.74, 6) is 1.91. The van der Waals surface area contributed by atoms with Crippen LogP contribution in [0.1, 0.15) is 43.4 Å². The lowest BCUT2D eigenvalue weighted by Crippen LogP contribution is -2.29. The molecule has 0 radical (unpaired) electrons. The number of methoxy groups -OCH3 is 1. The van der Waals surface area contributed by atoms with E-state index in [-0.39, 0.29) is 23.0 Å². The first-order valence-corrected chi connectivity index (χ1v) is 13.3. The molecule has 0 bridgehead atoms. The molecule has 1 heterocycles. The molecule has 6 nitrogen and oxygen atoms in total. The molecule has 3 aromatic carbocycles. The van der Waals surface area contributed by atoms with Crippen molar-refractivity contribution in [2.45, 2.75) is 43.2 Å². The summed E-state index contributed by atoms with van der Waals surface area (Å²) in [6.07, 6.45) is 5.48. The Balaban J connectivity index is 1.42. The minimum Gasteiger partial charge on any atom is -0.497 e. The second kappa shape index (κ2) is 9.30. The minimum absolute atomic E-state index is 0.132. The average molecular weight is 491 g/mol. The highest BCUT2D eigenvalue weighted by Crippen LogP contribution is 2.50. The van der Waals surface area contributed by atoms with Gasteiger partial charge >= 0.3 is 0 Å². The SMILES string of the molecule is COc1cccc(NS(=O)(=O)c2ccc3c(c2)[C@H]2C=CC[C@H]2[C@@H](c2ccc(OC(C)C)cc2)N3)c1. The quantitative estimate of drug-likeness (QED) is 0.391. The molecular weight excluding hydrogens is 460 g/mol. The van der Waals surface area contributed by atoms with Crippen molar-refractivity contribution in [1.29, 1.82) is 0 Å². The van der Waals surface area contributed by atoms with E-state index in [0.29, 0.717) is 17.4 Å². The van der Waals surface area contributed by atoms with Gasteiger partial charge in [-0.1, -0.05) is 30.4 Å². The molecule has 35 heavy (non-hydrogen) atoms. The largest absolute Gasteiger partial charge is 0.497 e. The summed E-state index contributed by atoms with van der Waals surface area (Å²) in [7, 11) is -2.20. The number of hydrogen-bond acceptors (Lipinski definition) is 5. The lowest BCUT2D eigenvalue weighted by Gasteiger charge is -2.37. The van der Waals surface area contributed by atoms with Crippen LogP contribution in [0, 0.1) is 5.92 Å². The number of rotatable bonds is 7. The van der Waals surface area contributed by atoms with E-state index in [2.05, 4.69) is 34.3 Å². The Morgan fingerprint density at radius 1 is 1.00 bits per heavy atom. The van der Waals surface area contributed by atoms with Gasteiger partial charge in [-0.15, -0.1) is 0 Å². The van der Waals surface area contributed by atoms with Crippen LogP contribution in [-0.2, 0) is 10.0 Å². The van der Waals surface area contributed by atoms with Crippen molar-refractivity contribution in [2.75, 3.05) is 17.1 Å². The van der Waals surface area contributed by atoms with Crippen LogP contribution in [0.3, 0.4) is 0 Å². The number of nitrogens with one attached hydrogen (secondary N) is 2. The van der Waals surface area contributed by atoms with Crippen molar-refractivity contribution in [1.82, 2.24) is 0 Å². The standard InChI is InChI=1S/C28H30N2O4S/c1-18(2)34-21-12-10-19(11-13-21)28-25-9-5-8-24(25)26-17-23(14-15-27(26)29-28)35(31,32)30-20-6-4-7-22(16-20)33-3/h4-8,10-18,24-25,28-30H,9H2,1-3H3/t24-,25+,28+/m0/s1. The number of benzene rings is 3. The van der Waals surface area contributed by atoms with E-state index >= 15 is 0 Å². The molecule has 2 N–H and O–H groups in total. The predicted molar refractivity (Wildman–Crippen MR) is 139 cm³/mol. The van der Waals surface area contributed by atoms with Gasteiger partial charge in [0.2, 0.25) is 0 Å². The van der Waals surface area contributed by atoms with Gasteiger partial charge in [-0.2, -0.15) is 0 Å². The summed E-state index contributed by atoms with van der Waals surface area (Å²) in [5, 5.41) is 3.68. The Kier molecular flexibility index (Phi) is 6.19. The maximum atomic E-state index is 13.2. The monoisotopic (exact) mass is 490 g/mol. The van der Waals surface area contributed by atoms with Gasteiger partial charge in [0.05, 0.1) is 29.8 Å². The van der Waals surface area contributed by atoms with E-state index in [1.807, 2.05) is 32.0 Å². The van der Waals surface area contributed by atoms with Gasteiger partial charge in [-0.25, -0.2) is 8.42 Å². The van der Waals surface area contributed by atoms with E-state index in [1.54, 1.807) is 43.5 Å². The van der Waals surface area contributed by atoms with Crippen molar-refractivity contribution < 1.29 is 17.9 Å². The van der Waals surface area contributed by atoms with Crippen LogP contribution in [0.25, 0.3) is 0 Å². The molecule has 0 spiro atoms. The van der Waals surface area contributed by atoms with E-state index in [0.717, 1.165) is 23.4 Å². The Bertz CT molecular complexity index is 1350. The van der Waals surface area contributed by atoms with Crippen LogP contribution in [-0.4, -0.2) is 21.6 Å². The second-order valence-corrected chi connectivity index (χ2v) is 11.0. The highest BCUT2D eigenvalue weighted by atomic mass is 32.2. The van der Waals surface area contributed by atoms with Crippen LogP contribution in [0.2, 0.25) is 0 Å². The molecule has 0 unspecified atom stereocenters. The van der Waals surface area contributed by atoms with Gasteiger partial charge in [0.1, 0.15) is 11.5 Å². The zero-order chi connectivity index (χ0) is 24.6. The fourth-order valence-electron chi connectivity index (χ4n) is 5.00. The smallest absolute Gasteiger partial charge is 0.261 e. The maximum absolute atomic E-state index is 13.2. The molecule has 0 saturated carbocycles. The number of anilines is 2. The van der Waals surface area contributed by atoms with Gasteiger partial charge in [0, 0.05) is 17.7 Å². The van der Waals surface area contributed by atoms with E-state index in [1.165, 1.54) is 5.56 Å². The fourth-order valence-corrected chi connectivity index (χ4v) is 6.08. The first-order valence-electron chi connectivity index (χ1n) is 11.8. The third-order valence-corrected chi connectivity index (χ3v) is 7.96. The van der Waals surface area contributed by atoms with Crippen LogP contribution >= 0.6 is 0 Å². The minimum atomic E-state index is -3.75. The molecule has 7 heteroatoms. The zero-order valence-corrected chi connectivity index (χ0v) is 20.9. The lowest BCUT2D eigenvalue weighted by atomic mass is 9.77. The molecule has 5 rings (SSSR count). The topological polar surface area (TPSA) is 76.7 Å². The van der Waals surface area contributed by atoms with Crippen LogP contribution in [0.4, 0.5) is 11.4 Å².